The summed E-state index contributed by atoms with van der Waals surface area (Å²) in [6.45, 7) is 7.30. The minimum Gasteiger partial charge on any atom is -0.467 e. The van der Waals surface area contributed by atoms with Crippen molar-refractivity contribution in [3.63, 3.8) is 0 Å². The number of halogens is 2. The summed E-state index contributed by atoms with van der Waals surface area (Å²) in [5, 5.41) is 0. The van der Waals surface area contributed by atoms with Gasteiger partial charge in [-0.25, -0.2) is 18.7 Å². The Hall–Kier alpha value is -2.11. The maximum Gasteiger partial charge on any atom is 0.316 e. The number of hydrogen-bond donors (Lipinski definition) is 0. The molecule has 0 aromatic carbocycles. The van der Waals surface area contributed by atoms with E-state index >= 15 is 0 Å². The van der Waals surface area contributed by atoms with E-state index in [-0.39, 0.29) is 23.4 Å². The van der Waals surface area contributed by atoms with E-state index < -0.39 is 5.92 Å². The third-order valence-electron chi connectivity index (χ3n) is 3.63. The maximum atomic E-state index is 14.5. The Morgan fingerprint density at radius 1 is 1.04 bits per heavy atom. The number of ether oxygens (including phenoxy) is 1. The second-order valence-electron chi connectivity index (χ2n) is 6.38. The summed E-state index contributed by atoms with van der Waals surface area (Å²) < 4.78 is 33.8. The molecule has 0 aliphatic carbocycles. The molecular formula is C17H21F2N3O. The molecule has 0 atom stereocenters. The Labute approximate surface area is 135 Å². The quantitative estimate of drug-likeness (QED) is 0.840. The van der Waals surface area contributed by atoms with E-state index in [1.807, 2.05) is 20.8 Å². The fraction of sp³-hybridized carbons (Fsp3) is 0.471. The predicted octanol–water partition coefficient (Wildman–Crippen LogP) is 4.35. The molecule has 4 nitrogen and oxygen atoms in total. The Morgan fingerprint density at radius 2 is 1.65 bits per heavy atom. The van der Waals surface area contributed by atoms with E-state index in [0.717, 1.165) is 0 Å². The van der Waals surface area contributed by atoms with E-state index in [9.17, 15) is 8.78 Å². The van der Waals surface area contributed by atoms with Gasteiger partial charge in [0.15, 0.2) is 0 Å². The van der Waals surface area contributed by atoms with E-state index in [0.29, 0.717) is 16.8 Å². The average molecular weight is 321 g/mol. The van der Waals surface area contributed by atoms with Gasteiger partial charge in [0.2, 0.25) is 0 Å². The number of aromatic nitrogens is 3. The highest BCUT2D eigenvalue weighted by molar-refractivity contribution is 5.66. The zero-order valence-electron chi connectivity index (χ0n) is 14.0. The van der Waals surface area contributed by atoms with Gasteiger partial charge in [-0.2, -0.15) is 0 Å². The van der Waals surface area contributed by atoms with E-state index in [1.165, 1.54) is 38.7 Å². The molecule has 0 N–H and O–H groups in total. The summed E-state index contributed by atoms with van der Waals surface area (Å²) in [6.07, 6.45) is 4.12. The van der Waals surface area contributed by atoms with Gasteiger partial charge in [0.05, 0.1) is 7.11 Å². The van der Waals surface area contributed by atoms with Gasteiger partial charge < -0.3 is 4.74 Å². The number of methoxy groups -OCH3 is 1. The Kier molecular flexibility index (Phi) is 4.63. The molecule has 2 aromatic heterocycles. The Bertz CT molecular complexity index is 679. The normalized spacial score (nSPS) is 12.3. The standard InChI is InChI=1S/C17H21F2N3O/c1-6-17(18,19)13-7-14(16(2,3)4)20-10-12(13)11-8-21-15(23-5)22-9-11/h7-10H,6H2,1-5H3. The van der Waals surface area contributed by atoms with E-state index in [4.69, 9.17) is 4.74 Å². The van der Waals surface area contributed by atoms with Crippen LogP contribution in [0, 0.1) is 0 Å². The van der Waals surface area contributed by atoms with Crippen LogP contribution < -0.4 is 4.74 Å². The molecule has 23 heavy (non-hydrogen) atoms. The highest BCUT2D eigenvalue weighted by Crippen LogP contribution is 2.39. The van der Waals surface area contributed by atoms with Crippen molar-refractivity contribution >= 4 is 0 Å². The summed E-state index contributed by atoms with van der Waals surface area (Å²) >= 11 is 0. The van der Waals surface area contributed by atoms with Gasteiger partial charge in [0.1, 0.15) is 0 Å². The third kappa shape index (κ3) is 3.63. The fourth-order valence-electron chi connectivity index (χ4n) is 2.15. The first-order valence-electron chi connectivity index (χ1n) is 7.44. The zero-order valence-corrected chi connectivity index (χ0v) is 14.0. The number of alkyl halides is 2. The first kappa shape index (κ1) is 17.2. The van der Waals surface area contributed by atoms with E-state index in [2.05, 4.69) is 15.0 Å². The number of hydrogen-bond acceptors (Lipinski definition) is 4. The van der Waals surface area contributed by atoms with Crippen molar-refractivity contribution in [1.29, 1.82) is 0 Å². The first-order valence-corrected chi connectivity index (χ1v) is 7.44. The molecule has 0 aliphatic rings. The predicted molar refractivity (Wildman–Crippen MR) is 84.7 cm³/mol. The smallest absolute Gasteiger partial charge is 0.316 e. The molecule has 0 fully saturated rings. The topological polar surface area (TPSA) is 47.9 Å². The van der Waals surface area contributed by atoms with Crippen LogP contribution in [0.4, 0.5) is 8.78 Å². The lowest BCUT2D eigenvalue weighted by Crippen LogP contribution is -2.19. The minimum atomic E-state index is -2.95. The van der Waals surface area contributed by atoms with Crippen LogP contribution in [0.1, 0.15) is 45.4 Å². The molecular weight excluding hydrogens is 300 g/mol. The van der Waals surface area contributed by atoms with Gasteiger partial charge in [-0.3, -0.25) is 4.98 Å². The Balaban J connectivity index is 2.62. The summed E-state index contributed by atoms with van der Waals surface area (Å²) in [4.78, 5) is 12.3. The van der Waals surface area contributed by atoms with E-state index in [1.54, 1.807) is 0 Å². The largest absolute Gasteiger partial charge is 0.467 e. The van der Waals surface area contributed by atoms with Gasteiger partial charge in [0.25, 0.3) is 5.92 Å². The molecule has 0 unspecified atom stereocenters. The lowest BCUT2D eigenvalue weighted by Gasteiger charge is -2.23. The van der Waals surface area contributed by atoms with Crippen molar-refractivity contribution in [2.24, 2.45) is 0 Å². The van der Waals surface area contributed by atoms with Crippen molar-refractivity contribution < 1.29 is 13.5 Å². The lowest BCUT2D eigenvalue weighted by atomic mass is 9.88. The molecule has 0 aliphatic heterocycles. The van der Waals surface area contributed by atoms with Crippen LogP contribution in [0.25, 0.3) is 11.1 Å². The summed E-state index contributed by atoms with van der Waals surface area (Å²) in [5.74, 6) is -2.95. The summed E-state index contributed by atoms with van der Waals surface area (Å²) in [6, 6.07) is 1.68. The van der Waals surface area contributed by atoms with Gasteiger partial charge in [-0.15, -0.1) is 0 Å². The molecule has 0 bridgehead atoms. The highest BCUT2D eigenvalue weighted by atomic mass is 19.3. The lowest BCUT2D eigenvalue weighted by molar-refractivity contribution is -0.00790. The maximum absolute atomic E-state index is 14.5. The number of pyridine rings is 1. The molecule has 0 spiro atoms. The van der Waals surface area contributed by atoms with Crippen LogP contribution in [0.3, 0.4) is 0 Å². The van der Waals surface area contributed by atoms with Gasteiger partial charge in [0, 0.05) is 52.8 Å². The van der Waals surface area contributed by atoms with Crippen molar-refractivity contribution in [3.05, 3.63) is 35.9 Å². The second-order valence-corrected chi connectivity index (χ2v) is 6.38. The summed E-state index contributed by atoms with van der Waals surface area (Å²) in [7, 11) is 1.45. The van der Waals surface area contributed by atoms with Crippen LogP contribution in [0.2, 0.25) is 0 Å². The van der Waals surface area contributed by atoms with Crippen LogP contribution in [-0.4, -0.2) is 22.1 Å². The second kappa shape index (κ2) is 6.18. The monoisotopic (exact) mass is 321 g/mol. The van der Waals surface area contributed by atoms with Crippen LogP contribution in [0.5, 0.6) is 6.01 Å². The van der Waals surface area contributed by atoms with Crippen molar-refractivity contribution in [2.75, 3.05) is 7.11 Å². The number of rotatable bonds is 4. The molecule has 2 aromatic rings. The molecule has 0 saturated heterocycles. The number of nitrogens with zero attached hydrogens (tertiary/aromatic N) is 3. The molecule has 0 amide bonds. The molecule has 124 valence electrons. The van der Waals surface area contributed by atoms with Crippen LogP contribution >= 0.6 is 0 Å². The molecule has 2 rings (SSSR count). The summed E-state index contributed by atoms with van der Waals surface area (Å²) in [5.41, 5.74) is 1.09. The molecule has 6 heteroatoms. The molecule has 0 saturated carbocycles. The highest BCUT2D eigenvalue weighted by Gasteiger charge is 2.34. The van der Waals surface area contributed by atoms with Crippen molar-refractivity contribution in [3.8, 4) is 17.1 Å². The van der Waals surface area contributed by atoms with Gasteiger partial charge in [-0.05, 0) is 6.07 Å². The Morgan fingerprint density at radius 3 is 2.13 bits per heavy atom. The average Bonchev–Trinajstić information content (AvgIpc) is 2.53. The third-order valence-corrected chi connectivity index (χ3v) is 3.63. The van der Waals surface area contributed by atoms with Crippen molar-refractivity contribution in [1.82, 2.24) is 15.0 Å². The van der Waals surface area contributed by atoms with Crippen LogP contribution in [0.15, 0.2) is 24.7 Å². The molecule has 2 heterocycles. The zero-order chi connectivity index (χ0) is 17.3. The van der Waals surface area contributed by atoms with Crippen molar-refractivity contribution in [2.45, 2.75) is 45.5 Å². The first-order chi connectivity index (χ1) is 10.7. The molecule has 0 radical (unpaired) electrons. The van der Waals surface area contributed by atoms with Gasteiger partial charge in [-0.1, -0.05) is 27.7 Å². The SMILES string of the molecule is CCC(F)(F)c1cc(C(C)(C)C)ncc1-c1cnc(OC)nc1. The van der Waals surface area contributed by atoms with Crippen LogP contribution in [-0.2, 0) is 11.3 Å². The fourth-order valence-corrected chi connectivity index (χ4v) is 2.15. The van der Waals surface area contributed by atoms with Gasteiger partial charge >= 0.3 is 6.01 Å². The minimum absolute atomic E-state index is 0.0475.